The monoisotopic (exact) mass is 473 g/mol. The number of rotatable bonds is 14. The number of amides is 3. The number of hydrogen-bond acceptors (Lipinski definition) is 7. The van der Waals surface area contributed by atoms with Crippen molar-refractivity contribution in [1.29, 1.82) is 0 Å². The lowest BCUT2D eigenvalue weighted by Crippen LogP contribution is -2.56. The van der Waals surface area contributed by atoms with Crippen LogP contribution in [-0.4, -0.2) is 84.0 Å². The van der Waals surface area contributed by atoms with Gasteiger partial charge in [-0.3, -0.25) is 19.4 Å². The highest BCUT2D eigenvalue weighted by molar-refractivity contribution is 7.98. The average molecular weight is 474 g/mol. The maximum Gasteiger partial charge on any atom is 0.326 e. The van der Waals surface area contributed by atoms with Crippen molar-refractivity contribution in [3.63, 3.8) is 0 Å². The van der Waals surface area contributed by atoms with Crippen LogP contribution in [0.5, 0.6) is 0 Å². The minimum Gasteiger partial charge on any atom is -0.480 e. The lowest BCUT2D eigenvalue weighted by Gasteiger charge is -2.23. The number of nitrogens with zero attached hydrogens (tertiary/aromatic N) is 1. The molecule has 0 aromatic carbocycles. The van der Waals surface area contributed by atoms with Gasteiger partial charge in [0.1, 0.15) is 18.1 Å². The Labute approximate surface area is 192 Å². The highest BCUT2D eigenvalue weighted by Crippen LogP contribution is 2.07. The number of thioether (sulfide) groups is 1. The van der Waals surface area contributed by atoms with E-state index < -0.39 is 35.9 Å². The van der Waals surface area contributed by atoms with Gasteiger partial charge in [-0.1, -0.05) is 0 Å². The van der Waals surface area contributed by atoms with E-state index in [1.807, 2.05) is 6.26 Å². The smallest absolute Gasteiger partial charge is 0.326 e. The molecular weight excluding hydrogens is 438 g/mol. The summed E-state index contributed by atoms with van der Waals surface area (Å²) in [4.78, 5) is 52.8. The fourth-order valence-corrected chi connectivity index (χ4v) is 3.59. The van der Waals surface area contributed by atoms with Gasteiger partial charge in [-0.05, 0) is 57.6 Å². The van der Waals surface area contributed by atoms with Crippen molar-refractivity contribution in [2.75, 3.05) is 25.1 Å². The molecule has 0 saturated carbocycles. The van der Waals surface area contributed by atoms with Crippen molar-refractivity contribution in [2.24, 2.45) is 16.5 Å². The Balaban J connectivity index is 2.63. The molecule has 3 amide bonds. The Kier molecular flexibility index (Phi) is 12.5. The highest BCUT2D eigenvalue weighted by atomic mass is 32.2. The second-order valence-electron chi connectivity index (χ2n) is 7.57. The van der Waals surface area contributed by atoms with Gasteiger partial charge in [-0.15, -0.1) is 0 Å². The zero-order valence-corrected chi connectivity index (χ0v) is 19.4. The molecule has 1 saturated heterocycles. The molecule has 4 unspecified atom stereocenters. The lowest BCUT2D eigenvalue weighted by molar-refractivity contribution is -0.142. The second-order valence-corrected chi connectivity index (χ2v) is 8.56. The van der Waals surface area contributed by atoms with Gasteiger partial charge in [0.05, 0.1) is 6.04 Å². The number of carbonyl (C=O) groups excluding carboxylic acids is 3. The van der Waals surface area contributed by atoms with Gasteiger partial charge in [0, 0.05) is 6.54 Å². The van der Waals surface area contributed by atoms with E-state index in [1.54, 1.807) is 0 Å². The largest absolute Gasteiger partial charge is 0.480 e. The van der Waals surface area contributed by atoms with Crippen LogP contribution in [0, 0.1) is 0 Å². The van der Waals surface area contributed by atoms with Gasteiger partial charge in [-0.25, -0.2) is 4.79 Å². The number of aliphatic carboxylic acids is 1. The molecule has 4 atom stereocenters. The molecule has 0 aromatic rings. The van der Waals surface area contributed by atoms with Crippen molar-refractivity contribution < 1.29 is 24.3 Å². The first kappa shape index (κ1) is 27.5. The summed E-state index contributed by atoms with van der Waals surface area (Å²) in [5, 5.41) is 20.2. The third-order valence-corrected chi connectivity index (χ3v) is 5.58. The zero-order chi connectivity index (χ0) is 24.1. The summed E-state index contributed by atoms with van der Waals surface area (Å²) in [5.41, 5.74) is 10.5. The molecule has 12 nitrogen and oxygen atoms in total. The summed E-state index contributed by atoms with van der Waals surface area (Å²) in [6, 6.07) is -3.24. The number of aliphatic imine (C=N–C) groups is 1. The first-order valence-electron chi connectivity index (χ1n) is 10.6. The van der Waals surface area contributed by atoms with Crippen LogP contribution in [0.25, 0.3) is 0 Å². The number of nitrogens with one attached hydrogen (secondary N) is 4. The molecular formula is C19H35N7O5S. The molecule has 9 N–H and O–H groups in total. The van der Waals surface area contributed by atoms with Crippen molar-refractivity contribution in [1.82, 2.24) is 21.3 Å². The SMILES string of the molecule is CSCCC(NC(=O)C1CCCN1)C(=O)NC(C)C(=O)NC(CCCN=C(N)N)C(=O)O. The molecule has 1 fully saturated rings. The van der Waals surface area contributed by atoms with E-state index in [0.29, 0.717) is 25.0 Å². The average Bonchev–Trinajstić information content (AvgIpc) is 3.27. The molecule has 32 heavy (non-hydrogen) atoms. The third kappa shape index (κ3) is 10.2. The van der Waals surface area contributed by atoms with Crippen molar-refractivity contribution in [2.45, 2.75) is 63.2 Å². The van der Waals surface area contributed by atoms with Crippen molar-refractivity contribution in [3.05, 3.63) is 0 Å². The first-order valence-corrected chi connectivity index (χ1v) is 12.0. The predicted molar refractivity (Wildman–Crippen MR) is 123 cm³/mol. The Morgan fingerprint density at radius 3 is 2.41 bits per heavy atom. The summed E-state index contributed by atoms with van der Waals surface area (Å²) >= 11 is 1.54. The Bertz CT molecular complexity index is 681. The van der Waals surface area contributed by atoms with Gasteiger partial charge in [-0.2, -0.15) is 11.8 Å². The third-order valence-electron chi connectivity index (χ3n) is 4.93. The van der Waals surface area contributed by atoms with E-state index in [4.69, 9.17) is 11.5 Å². The van der Waals surface area contributed by atoms with Crippen LogP contribution in [0.15, 0.2) is 4.99 Å². The molecule has 0 spiro atoms. The van der Waals surface area contributed by atoms with Gasteiger partial charge >= 0.3 is 5.97 Å². The summed E-state index contributed by atoms with van der Waals surface area (Å²) in [6.07, 6.45) is 4.38. The number of guanidine groups is 1. The van der Waals surface area contributed by atoms with Crippen LogP contribution in [-0.2, 0) is 19.2 Å². The molecule has 182 valence electrons. The number of hydrogen-bond donors (Lipinski definition) is 7. The van der Waals surface area contributed by atoms with Gasteiger partial charge in [0.2, 0.25) is 17.7 Å². The fourth-order valence-electron chi connectivity index (χ4n) is 3.12. The number of carboxylic acids is 1. The van der Waals surface area contributed by atoms with Crippen LogP contribution >= 0.6 is 11.8 Å². The standard InChI is InChI=1S/C19H35N7O5S/c1-11(15(27)26-14(18(30)31)6-4-9-23-19(20)21)24-17(29)13(7-10-32-2)25-16(28)12-5-3-8-22-12/h11-14,22H,3-10H2,1-2H3,(H,24,29)(H,25,28)(H,26,27)(H,30,31)(H4,20,21,23). The second kappa shape index (κ2) is 14.5. The van der Waals surface area contributed by atoms with E-state index in [0.717, 1.165) is 13.0 Å². The molecule has 0 bridgehead atoms. The molecule has 1 aliphatic rings. The van der Waals surface area contributed by atoms with Crippen molar-refractivity contribution in [3.8, 4) is 0 Å². The van der Waals surface area contributed by atoms with E-state index >= 15 is 0 Å². The van der Waals surface area contributed by atoms with Crippen LogP contribution in [0.2, 0.25) is 0 Å². The molecule has 1 aliphatic heterocycles. The molecule has 0 radical (unpaired) electrons. The Morgan fingerprint density at radius 2 is 1.84 bits per heavy atom. The summed E-state index contributed by atoms with van der Waals surface area (Å²) in [7, 11) is 0. The molecule has 1 heterocycles. The van der Waals surface area contributed by atoms with Crippen LogP contribution in [0.3, 0.4) is 0 Å². The topological polar surface area (TPSA) is 201 Å². The van der Waals surface area contributed by atoms with E-state index in [9.17, 15) is 24.3 Å². The Morgan fingerprint density at radius 1 is 1.12 bits per heavy atom. The minimum atomic E-state index is -1.20. The number of nitrogens with two attached hydrogens (primary N) is 2. The van der Waals surface area contributed by atoms with Crippen LogP contribution < -0.4 is 32.7 Å². The Hall–Kier alpha value is -2.54. The van der Waals surface area contributed by atoms with E-state index in [1.165, 1.54) is 18.7 Å². The number of carboxylic acid groups (broad SMARTS) is 1. The summed E-state index contributed by atoms with van der Waals surface area (Å²) < 4.78 is 0. The molecule has 0 aromatic heterocycles. The number of carbonyl (C=O) groups is 4. The molecule has 1 rings (SSSR count). The predicted octanol–water partition coefficient (Wildman–Crippen LogP) is -1.90. The van der Waals surface area contributed by atoms with Gasteiger partial charge < -0.3 is 37.8 Å². The lowest BCUT2D eigenvalue weighted by atomic mass is 10.1. The zero-order valence-electron chi connectivity index (χ0n) is 18.6. The van der Waals surface area contributed by atoms with Gasteiger partial charge in [0.15, 0.2) is 5.96 Å². The maximum atomic E-state index is 12.7. The fraction of sp³-hybridized carbons (Fsp3) is 0.737. The van der Waals surface area contributed by atoms with E-state index in [-0.39, 0.29) is 30.9 Å². The van der Waals surface area contributed by atoms with Crippen LogP contribution in [0.1, 0.15) is 39.0 Å². The maximum absolute atomic E-state index is 12.7. The minimum absolute atomic E-state index is 0.0934. The first-order chi connectivity index (χ1) is 15.1. The summed E-state index contributed by atoms with van der Waals surface area (Å²) in [5.74, 6) is -2.02. The van der Waals surface area contributed by atoms with Gasteiger partial charge in [0.25, 0.3) is 0 Å². The molecule has 0 aliphatic carbocycles. The van der Waals surface area contributed by atoms with Crippen LogP contribution in [0.4, 0.5) is 0 Å². The normalized spacial score (nSPS) is 18.1. The quantitative estimate of drug-likeness (QED) is 0.0855. The highest BCUT2D eigenvalue weighted by Gasteiger charge is 2.29. The summed E-state index contributed by atoms with van der Waals surface area (Å²) in [6.45, 7) is 2.45. The van der Waals surface area contributed by atoms with Crippen molar-refractivity contribution >= 4 is 41.4 Å². The molecule has 13 heteroatoms. The van der Waals surface area contributed by atoms with E-state index in [2.05, 4.69) is 26.3 Å².